The highest BCUT2D eigenvalue weighted by atomic mass is 16.6. The lowest BCUT2D eigenvalue weighted by Crippen LogP contribution is -2.23. The highest BCUT2D eigenvalue weighted by Gasteiger charge is 2.32. The zero-order valence-corrected chi connectivity index (χ0v) is 13.4. The van der Waals surface area contributed by atoms with Crippen LogP contribution in [0, 0.1) is 0 Å². The summed E-state index contributed by atoms with van der Waals surface area (Å²) < 4.78 is 5.79. The number of carbonyl (C=O) groups is 1. The normalized spacial score (nSPS) is 16.9. The van der Waals surface area contributed by atoms with Crippen molar-refractivity contribution in [1.82, 2.24) is 0 Å². The fourth-order valence-corrected chi connectivity index (χ4v) is 2.60. The van der Waals surface area contributed by atoms with Gasteiger partial charge in [-0.05, 0) is 29.2 Å². The molecule has 1 unspecified atom stereocenters. The van der Waals surface area contributed by atoms with Crippen LogP contribution in [0.5, 0.6) is 5.75 Å². The largest absolute Gasteiger partial charge is 0.462 e. The van der Waals surface area contributed by atoms with Crippen LogP contribution in [0.15, 0.2) is 42.5 Å². The van der Waals surface area contributed by atoms with Crippen LogP contribution in [-0.4, -0.2) is 11.1 Å². The van der Waals surface area contributed by atoms with Crippen LogP contribution >= 0.6 is 0 Å². The number of nitrogens with zero attached hydrogens (tertiary/aromatic N) is 1. The van der Waals surface area contributed by atoms with E-state index in [0.29, 0.717) is 17.0 Å². The van der Waals surface area contributed by atoms with Crippen molar-refractivity contribution < 1.29 is 14.7 Å². The molecule has 0 saturated heterocycles. The second-order valence-corrected chi connectivity index (χ2v) is 6.73. The Morgan fingerprint density at radius 3 is 2.39 bits per heavy atom. The van der Waals surface area contributed by atoms with Crippen molar-refractivity contribution in [3.63, 3.8) is 0 Å². The molecule has 0 radical (unpaired) electrons. The minimum atomic E-state index is -0.637. The van der Waals surface area contributed by atoms with Gasteiger partial charge in [-0.3, -0.25) is 10.0 Å². The molecule has 1 aliphatic heterocycles. The number of primary amides is 1. The van der Waals surface area contributed by atoms with Crippen LogP contribution in [0.2, 0.25) is 0 Å². The van der Waals surface area contributed by atoms with Crippen molar-refractivity contribution in [3.05, 3.63) is 59.2 Å². The molecule has 1 amide bonds. The van der Waals surface area contributed by atoms with Gasteiger partial charge in [0.1, 0.15) is 11.4 Å². The van der Waals surface area contributed by atoms with Crippen LogP contribution < -0.4 is 15.5 Å². The molecular formula is C18H20N2O3. The number of anilines is 1. The second kappa shape index (κ2) is 5.28. The lowest BCUT2D eigenvalue weighted by molar-refractivity contribution is 0.1000. The molecule has 120 valence electrons. The summed E-state index contributed by atoms with van der Waals surface area (Å²) in [5, 5.41) is 11.4. The van der Waals surface area contributed by atoms with Crippen molar-refractivity contribution in [3.8, 4) is 5.75 Å². The third-order valence-corrected chi connectivity index (χ3v) is 4.01. The Kier molecular flexibility index (Phi) is 3.53. The minimum absolute atomic E-state index is 0.0628. The fourth-order valence-electron chi connectivity index (χ4n) is 2.60. The zero-order valence-electron chi connectivity index (χ0n) is 13.4. The Morgan fingerprint density at radius 1 is 1.17 bits per heavy atom. The number of nitrogens with two attached hydrogens (primary N) is 1. The molecule has 1 atom stereocenters. The van der Waals surface area contributed by atoms with Gasteiger partial charge in [0.25, 0.3) is 0 Å². The Balaban J connectivity index is 1.90. The molecule has 1 heterocycles. The van der Waals surface area contributed by atoms with Gasteiger partial charge >= 0.3 is 0 Å². The molecule has 0 aliphatic carbocycles. The number of amides is 1. The van der Waals surface area contributed by atoms with E-state index in [9.17, 15) is 10.0 Å². The summed E-state index contributed by atoms with van der Waals surface area (Å²) in [6, 6.07) is 12.7. The van der Waals surface area contributed by atoms with E-state index in [4.69, 9.17) is 10.5 Å². The summed E-state index contributed by atoms with van der Waals surface area (Å²) in [6.45, 7) is 6.44. The number of ether oxygens (including phenoxy) is 1. The third kappa shape index (κ3) is 2.75. The Hall–Kier alpha value is -2.53. The summed E-state index contributed by atoms with van der Waals surface area (Å²) >= 11 is 0. The first-order valence-electron chi connectivity index (χ1n) is 7.46. The van der Waals surface area contributed by atoms with Gasteiger partial charge in [0.2, 0.25) is 12.1 Å². The first-order valence-corrected chi connectivity index (χ1v) is 7.46. The molecule has 23 heavy (non-hydrogen) atoms. The van der Waals surface area contributed by atoms with E-state index in [-0.39, 0.29) is 5.41 Å². The molecule has 5 heteroatoms. The smallest absolute Gasteiger partial charge is 0.248 e. The Labute approximate surface area is 135 Å². The van der Waals surface area contributed by atoms with Gasteiger partial charge < -0.3 is 10.5 Å². The first kappa shape index (κ1) is 15.4. The van der Waals surface area contributed by atoms with E-state index >= 15 is 0 Å². The van der Waals surface area contributed by atoms with E-state index in [1.54, 1.807) is 12.1 Å². The van der Waals surface area contributed by atoms with E-state index in [1.165, 1.54) is 11.6 Å². The molecule has 3 N–H and O–H groups in total. The molecule has 2 aromatic rings. The molecule has 1 aliphatic rings. The van der Waals surface area contributed by atoms with Gasteiger partial charge in [0.05, 0.1) is 0 Å². The number of carbonyl (C=O) groups excluding carboxylic acids is 1. The number of hydroxylamine groups is 1. The molecule has 0 bridgehead atoms. The van der Waals surface area contributed by atoms with Crippen LogP contribution in [0.3, 0.4) is 0 Å². The topological polar surface area (TPSA) is 75.8 Å². The van der Waals surface area contributed by atoms with Crippen LogP contribution in [-0.2, 0) is 5.41 Å². The SMILES string of the molecule is CC(C)(C)c1ccc(C2Oc3ccc(C(N)=O)cc3N2O)cc1. The lowest BCUT2D eigenvalue weighted by atomic mass is 9.86. The van der Waals surface area contributed by atoms with E-state index in [1.807, 2.05) is 24.3 Å². The van der Waals surface area contributed by atoms with Gasteiger partial charge in [-0.15, -0.1) is 0 Å². The molecule has 0 saturated carbocycles. The summed E-state index contributed by atoms with van der Waals surface area (Å²) in [5.74, 6) is -0.0263. The lowest BCUT2D eigenvalue weighted by Gasteiger charge is -2.22. The molecular weight excluding hydrogens is 292 g/mol. The highest BCUT2D eigenvalue weighted by Crippen LogP contribution is 2.42. The Morgan fingerprint density at radius 2 is 1.83 bits per heavy atom. The van der Waals surface area contributed by atoms with Crippen molar-refractivity contribution in [2.24, 2.45) is 5.73 Å². The predicted molar refractivity (Wildman–Crippen MR) is 87.7 cm³/mol. The predicted octanol–water partition coefficient (Wildman–Crippen LogP) is 3.37. The molecule has 5 nitrogen and oxygen atoms in total. The maximum absolute atomic E-state index is 11.3. The van der Waals surface area contributed by atoms with Crippen LogP contribution in [0.25, 0.3) is 0 Å². The van der Waals surface area contributed by atoms with Gasteiger partial charge in [-0.1, -0.05) is 45.0 Å². The Bertz CT molecular complexity index is 748. The summed E-state index contributed by atoms with van der Waals surface area (Å²) in [4.78, 5) is 11.3. The van der Waals surface area contributed by atoms with E-state index in [0.717, 1.165) is 10.6 Å². The average molecular weight is 312 g/mol. The van der Waals surface area contributed by atoms with Crippen molar-refractivity contribution in [1.29, 1.82) is 0 Å². The summed E-state index contributed by atoms with van der Waals surface area (Å²) in [7, 11) is 0. The van der Waals surface area contributed by atoms with Gasteiger partial charge in [0.15, 0.2) is 0 Å². The monoisotopic (exact) mass is 312 g/mol. The van der Waals surface area contributed by atoms with E-state index in [2.05, 4.69) is 20.8 Å². The average Bonchev–Trinajstić information content (AvgIpc) is 2.83. The molecule has 0 aromatic heterocycles. The van der Waals surface area contributed by atoms with Crippen molar-refractivity contribution >= 4 is 11.6 Å². The zero-order chi connectivity index (χ0) is 16.8. The van der Waals surface area contributed by atoms with Gasteiger partial charge in [-0.2, -0.15) is 0 Å². The van der Waals surface area contributed by atoms with Crippen LogP contribution in [0.1, 0.15) is 48.5 Å². The molecule has 3 rings (SSSR count). The maximum Gasteiger partial charge on any atom is 0.248 e. The van der Waals surface area contributed by atoms with Gasteiger partial charge in [0, 0.05) is 11.1 Å². The number of benzene rings is 2. The van der Waals surface area contributed by atoms with Crippen molar-refractivity contribution in [2.75, 3.05) is 5.06 Å². The third-order valence-electron chi connectivity index (χ3n) is 4.01. The number of rotatable bonds is 2. The fraction of sp³-hybridized carbons (Fsp3) is 0.278. The van der Waals surface area contributed by atoms with E-state index < -0.39 is 12.1 Å². The minimum Gasteiger partial charge on any atom is -0.462 e. The van der Waals surface area contributed by atoms with Crippen molar-refractivity contribution in [2.45, 2.75) is 32.4 Å². The summed E-state index contributed by atoms with van der Waals surface area (Å²) in [6.07, 6.45) is -0.637. The maximum atomic E-state index is 11.3. The molecule has 0 fully saturated rings. The number of hydrogen-bond donors (Lipinski definition) is 2. The standard InChI is InChI=1S/C18H20N2O3/c1-18(2,3)13-7-4-11(5-8-13)17-20(22)14-10-12(16(19)21)6-9-15(14)23-17/h4-10,17,22H,1-3H3,(H2,19,21). The second-order valence-electron chi connectivity index (χ2n) is 6.73. The van der Waals surface area contributed by atoms with Gasteiger partial charge in [-0.25, -0.2) is 5.06 Å². The summed E-state index contributed by atoms with van der Waals surface area (Å²) in [5.41, 5.74) is 8.14. The number of hydrogen-bond acceptors (Lipinski definition) is 4. The molecule has 0 spiro atoms. The quantitative estimate of drug-likeness (QED) is 0.891. The highest BCUT2D eigenvalue weighted by molar-refractivity contribution is 5.94. The van der Waals surface area contributed by atoms with Crippen LogP contribution in [0.4, 0.5) is 5.69 Å². The number of fused-ring (bicyclic) bond motifs is 1. The molecule has 2 aromatic carbocycles. The first-order chi connectivity index (χ1) is 10.8.